The normalized spacial score (nSPS) is 8.60. The van der Waals surface area contributed by atoms with Gasteiger partial charge in [-0.15, -0.1) is 0 Å². The van der Waals surface area contributed by atoms with Crippen molar-refractivity contribution in [1.29, 1.82) is 5.26 Å². The number of nitrogens with zero attached hydrogens (tertiary/aromatic N) is 1. The highest BCUT2D eigenvalue weighted by atomic mass is 16.7. The van der Waals surface area contributed by atoms with Crippen LogP contribution in [0.5, 0.6) is 0 Å². The number of carbonyl (C=O) groups excluding carboxylic acids is 1. The quantitative estimate of drug-likeness (QED) is 0.252. The Hall–Kier alpha value is -1.24. The average Bonchev–Trinajstić information content (AvgIpc) is 1.88. The predicted octanol–water partition coefficient (Wildman–Crippen LogP) is 0.641. The van der Waals surface area contributed by atoms with Crippen LogP contribution in [0.25, 0.3) is 0 Å². The van der Waals surface area contributed by atoms with Gasteiger partial charge in [-0.2, -0.15) is 5.26 Å². The van der Waals surface area contributed by atoms with E-state index in [2.05, 4.69) is 9.47 Å². The third-order valence-corrected chi connectivity index (χ3v) is 0.796. The molecule has 0 aromatic carbocycles. The van der Waals surface area contributed by atoms with E-state index >= 15 is 0 Å². The van der Waals surface area contributed by atoms with E-state index in [0.717, 1.165) is 0 Å². The Bertz CT molecular complexity index is 148. The van der Waals surface area contributed by atoms with Gasteiger partial charge < -0.3 is 9.47 Å². The van der Waals surface area contributed by atoms with Gasteiger partial charge in [-0.3, -0.25) is 4.79 Å². The van der Waals surface area contributed by atoms with Crippen molar-refractivity contribution in [3.63, 3.8) is 0 Å². The standard InChI is InChI=1S/C6H9NO3/c1-5(2)6(8)10-4-9-3-7/h5H,4H2,1-2H3. The van der Waals surface area contributed by atoms with E-state index in [9.17, 15) is 4.79 Å². The summed E-state index contributed by atoms with van der Waals surface area (Å²) in [5, 5.41) is 7.85. The zero-order valence-corrected chi connectivity index (χ0v) is 5.96. The molecule has 0 saturated heterocycles. The van der Waals surface area contributed by atoms with Crippen LogP contribution in [0.2, 0.25) is 0 Å². The van der Waals surface area contributed by atoms with Crippen LogP contribution in [0, 0.1) is 17.4 Å². The third-order valence-electron chi connectivity index (χ3n) is 0.796. The van der Waals surface area contributed by atoms with E-state index in [-0.39, 0.29) is 18.7 Å². The lowest BCUT2D eigenvalue weighted by atomic mass is 10.2. The number of rotatable bonds is 3. The summed E-state index contributed by atoms with van der Waals surface area (Å²) in [5.74, 6) is -0.544. The first-order chi connectivity index (χ1) is 4.68. The first-order valence-corrected chi connectivity index (χ1v) is 2.86. The van der Waals surface area contributed by atoms with Gasteiger partial charge >= 0.3 is 5.97 Å². The predicted molar refractivity (Wildman–Crippen MR) is 32.5 cm³/mol. The summed E-state index contributed by atoms with van der Waals surface area (Å²) < 4.78 is 8.58. The SMILES string of the molecule is CC(C)C(=O)OCOC#N. The van der Waals surface area contributed by atoms with Gasteiger partial charge in [0.05, 0.1) is 5.92 Å². The van der Waals surface area contributed by atoms with Crippen LogP contribution in [0.15, 0.2) is 0 Å². The lowest BCUT2D eigenvalue weighted by Crippen LogP contribution is -2.12. The van der Waals surface area contributed by atoms with Crippen LogP contribution in [0.4, 0.5) is 0 Å². The molecule has 0 aliphatic heterocycles. The Balaban J connectivity index is 3.33. The van der Waals surface area contributed by atoms with E-state index in [0.29, 0.717) is 0 Å². The largest absolute Gasteiger partial charge is 0.427 e. The maximum atomic E-state index is 10.6. The number of hydrogen-bond acceptors (Lipinski definition) is 4. The molecular formula is C6H9NO3. The molecule has 0 aromatic heterocycles. The highest BCUT2D eigenvalue weighted by Crippen LogP contribution is 1.94. The summed E-state index contributed by atoms with van der Waals surface area (Å²) in [6, 6.07) is 0. The Morgan fingerprint density at radius 1 is 1.70 bits per heavy atom. The minimum Gasteiger partial charge on any atom is -0.427 e. The van der Waals surface area contributed by atoms with Gasteiger partial charge in [0.1, 0.15) is 0 Å². The van der Waals surface area contributed by atoms with Gasteiger partial charge in [0.2, 0.25) is 6.79 Å². The topological polar surface area (TPSA) is 59.3 Å². The molecular weight excluding hydrogens is 134 g/mol. The van der Waals surface area contributed by atoms with E-state index in [4.69, 9.17) is 5.26 Å². The van der Waals surface area contributed by atoms with Crippen LogP contribution in [0.3, 0.4) is 0 Å². The Morgan fingerprint density at radius 3 is 2.70 bits per heavy atom. The molecule has 0 bridgehead atoms. The van der Waals surface area contributed by atoms with Gasteiger partial charge in [-0.25, -0.2) is 0 Å². The number of hydrogen-bond donors (Lipinski definition) is 0. The van der Waals surface area contributed by atoms with Gasteiger partial charge in [-0.1, -0.05) is 13.8 Å². The fourth-order valence-corrected chi connectivity index (χ4v) is 0.281. The lowest BCUT2D eigenvalue weighted by molar-refractivity contribution is -0.155. The number of esters is 1. The molecule has 0 aromatic rings. The summed E-state index contributed by atoms with van der Waals surface area (Å²) in [6.45, 7) is 3.12. The van der Waals surface area contributed by atoms with Crippen molar-refractivity contribution in [2.24, 2.45) is 5.92 Å². The van der Waals surface area contributed by atoms with Crippen LogP contribution < -0.4 is 0 Å². The van der Waals surface area contributed by atoms with Crippen molar-refractivity contribution in [1.82, 2.24) is 0 Å². The van der Waals surface area contributed by atoms with E-state index < -0.39 is 0 Å². The maximum Gasteiger partial charge on any atom is 0.311 e. The zero-order chi connectivity index (χ0) is 7.98. The molecule has 0 fully saturated rings. The third kappa shape index (κ3) is 3.72. The van der Waals surface area contributed by atoms with E-state index in [1.807, 2.05) is 0 Å². The summed E-state index contributed by atoms with van der Waals surface area (Å²) in [5.41, 5.74) is 0. The highest BCUT2D eigenvalue weighted by molar-refractivity contribution is 5.71. The van der Waals surface area contributed by atoms with Crippen molar-refractivity contribution in [3.8, 4) is 6.26 Å². The first-order valence-electron chi connectivity index (χ1n) is 2.86. The summed E-state index contributed by atoms with van der Waals surface area (Å²) in [7, 11) is 0. The molecule has 56 valence electrons. The Morgan fingerprint density at radius 2 is 2.30 bits per heavy atom. The molecule has 0 amide bonds. The highest BCUT2D eigenvalue weighted by Gasteiger charge is 2.06. The second-order valence-corrected chi connectivity index (χ2v) is 1.97. The van der Waals surface area contributed by atoms with Crippen LogP contribution in [-0.2, 0) is 14.3 Å². The molecule has 0 radical (unpaired) electrons. The lowest BCUT2D eigenvalue weighted by Gasteiger charge is -2.03. The van der Waals surface area contributed by atoms with Gasteiger partial charge in [-0.05, 0) is 0 Å². The zero-order valence-electron chi connectivity index (χ0n) is 5.96. The molecule has 0 rings (SSSR count). The summed E-state index contributed by atoms with van der Waals surface area (Å²) in [6.07, 6.45) is 1.38. The number of ether oxygens (including phenoxy) is 2. The van der Waals surface area contributed by atoms with E-state index in [1.54, 1.807) is 13.8 Å². The van der Waals surface area contributed by atoms with Crippen LogP contribution in [0.1, 0.15) is 13.8 Å². The molecule has 0 spiro atoms. The number of nitriles is 1. The molecule has 0 unspecified atom stereocenters. The Kier molecular flexibility index (Phi) is 4.05. The Labute approximate surface area is 59.3 Å². The van der Waals surface area contributed by atoms with Crippen molar-refractivity contribution >= 4 is 5.97 Å². The van der Waals surface area contributed by atoms with Gasteiger partial charge in [0.15, 0.2) is 0 Å². The minimum atomic E-state index is -0.366. The van der Waals surface area contributed by atoms with E-state index in [1.165, 1.54) is 6.26 Å². The van der Waals surface area contributed by atoms with Crippen molar-refractivity contribution in [2.75, 3.05) is 6.79 Å². The average molecular weight is 143 g/mol. The molecule has 10 heavy (non-hydrogen) atoms. The molecule has 4 nitrogen and oxygen atoms in total. The van der Waals surface area contributed by atoms with Crippen molar-refractivity contribution < 1.29 is 14.3 Å². The molecule has 0 N–H and O–H groups in total. The molecule has 0 heterocycles. The van der Waals surface area contributed by atoms with Gasteiger partial charge in [0.25, 0.3) is 6.26 Å². The van der Waals surface area contributed by atoms with Crippen molar-refractivity contribution in [3.05, 3.63) is 0 Å². The van der Waals surface area contributed by atoms with Crippen molar-refractivity contribution in [2.45, 2.75) is 13.8 Å². The smallest absolute Gasteiger partial charge is 0.311 e. The summed E-state index contributed by atoms with van der Waals surface area (Å²) in [4.78, 5) is 10.6. The molecule has 0 saturated carbocycles. The number of carbonyl (C=O) groups is 1. The van der Waals surface area contributed by atoms with Crippen LogP contribution in [-0.4, -0.2) is 12.8 Å². The van der Waals surface area contributed by atoms with Gasteiger partial charge in [0, 0.05) is 0 Å². The maximum absolute atomic E-state index is 10.6. The molecule has 0 atom stereocenters. The first kappa shape index (κ1) is 8.76. The second kappa shape index (κ2) is 4.62. The fraction of sp³-hybridized carbons (Fsp3) is 0.667. The monoisotopic (exact) mass is 143 g/mol. The molecule has 0 aliphatic carbocycles. The fourth-order valence-electron chi connectivity index (χ4n) is 0.281. The molecule has 0 aliphatic rings. The minimum absolute atomic E-state index is 0.178. The summed E-state index contributed by atoms with van der Waals surface area (Å²) >= 11 is 0. The molecule has 4 heteroatoms. The second-order valence-electron chi connectivity index (χ2n) is 1.97. The van der Waals surface area contributed by atoms with Crippen LogP contribution >= 0.6 is 0 Å².